The van der Waals surface area contributed by atoms with E-state index in [4.69, 9.17) is 11.6 Å². The van der Waals surface area contributed by atoms with Crippen molar-refractivity contribution in [1.82, 2.24) is 19.7 Å². The normalized spacial score (nSPS) is 12.0. The van der Waals surface area contributed by atoms with E-state index in [0.29, 0.717) is 17.1 Å². The van der Waals surface area contributed by atoms with Crippen molar-refractivity contribution >= 4 is 17.5 Å². The first-order chi connectivity index (χ1) is 12.6. The predicted molar refractivity (Wildman–Crippen MR) is 102 cm³/mol. The zero-order valence-electron chi connectivity index (χ0n) is 14.8. The van der Waals surface area contributed by atoms with Crippen LogP contribution in [0.4, 0.5) is 0 Å². The molecule has 1 unspecified atom stereocenters. The van der Waals surface area contributed by atoms with Crippen molar-refractivity contribution in [3.8, 4) is 5.69 Å². The standard InChI is InChI=1S/C20H21ClN4O/c1-3-15(2)25(12-16-5-4-6-18(21)11-16)20(26)17-7-9-19(10-8-17)24-13-22-23-14-24/h4-11,13-15H,3,12H2,1-2H3. The molecule has 0 saturated heterocycles. The summed E-state index contributed by atoms with van der Waals surface area (Å²) >= 11 is 6.09. The van der Waals surface area contributed by atoms with Crippen LogP contribution in [0, 0.1) is 0 Å². The molecule has 3 rings (SSSR count). The van der Waals surface area contributed by atoms with Gasteiger partial charge in [0.15, 0.2) is 0 Å². The molecule has 0 saturated carbocycles. The highest BCUT2D eigenvalue weighted by Gasteiger charge is 2.21. The predicted octanol–water partition coefficient (Wildman–Crippen LogP) is 4.36. The molecule has 0 aliphatic heterocycles. The molecule has 0 fully saturated rings. The Labute approximate surface area is 158 Å². The minimum atomic E-state index is 0.00892. The Morgan fingerprint density at radius 1 is 1.15 bits per heavy atom. The topological polar surface area (TPSA) is 51.0 Å². The molecule has 0 bridgehead atoms. The lowest BCUT2D eigenvalue weighted by Gasteiger charge is -2.29. The summed E-state index contributed by atoms with van der Waals surface area (Å²) in [6.45, 7) is 4.67. The van der Waals surface area contributed by atoms with E-state index in [0.717, 1.165) is 17.7 Å². The second kappa shape index (κ2) is 8.15. The molecule has 0 spiro atoms. The third-order valence-electron chi connectivity index (χ3n) is 4.46. The zero-order valence-corrected chi connectivity index (χ0v) is 15.6. The van der Waals surface area contributed by atoms with Crippen molar-refractivity contribution in [3.63, 3.8) is 0 Å². The third kappa shape index (κ3) is 4.11. The van der Waals surface area contributed by atoms with E-state index >= 15 is 0 Å². The molecular weight excluding hydrogens is 348 g/mol. The van der Waals surface area contributed by atoms with E-state index in [9.17, 15) is 4.79 Å². The third-order valence-corrected chi connectivity index (χ3v) is 4.69. The maximum absolute atomic E-state index is 13.1. The molecule has 1 aromatic heterocycles. The number of halogens is 1. The quantitative estimate of drug-likeness (QED) is 0.649. The van der Waals surface area contributed by atoms with Crippen LogP contribution in [-0.4, -0.2) is 31.6 Å². The lowest BCUT2D eigenvalue weighted by Crippen LogP contribution is -2.37. The molecule has 3 aromatic rings. The van der Waals surface area contributed by atoms with Gasteiger partial charge in [0.25, 0.3) is 5.91 Å². The van der Waals surface area contributed by atoms with Gasteiger partial charge in [-0.1, -0.05) is 30.7 Å². The molecule has 1 atom stereocenters. The van der Waals surface area contributed by atoms with Crippen LogP contribution in [0.15, 0.2) is 61.2 Å². The summed E-state index contributed by atoms with van der Waals surface area (Å²) in [5.41, 5.74) is 2.59. The van der Waals surface area contributed by atoms with Crippen molar-refractivity contribution in [2.75, 3.05) is 0 Å². The van der Waals surface area contributed by atoms with Crippen LogP contribution in [0.1, 0.15) is 36.2 Å². The molecule has 5 nitrogen and oxygen atoms in total. The van der Waals surface area contributed by atoms with Crippen molar-refractivity contribution in [2.45, 2.75) is 32.9 Å². The molecule has 1 heterocycles. The zero-order chi connectivity index (χ0) is 18.5. The molecule has 26 heavy (non-hydrogen) atoms. The first kappa shape index (κ1) is 18.1. The fourth-order valence-corrected chi connectivity index (χ4v) is 2.97. The van der Waals surface area contributed by atoms with Crippen LogP contribution in [0.3, 0.4) is 0 Å². The Hall–Kier alpha value is -2.66. The summed E-state index contributed by atoms with van der Waals surface area (Å²) in [6, 6.07) is 15.2. The van der Waals surface area contributed by atoms with Gasteiger partial charge in [-0.25, -0.2) is 0 Å². The SMILES string of the molecule is CCC(C)N(Cc1cccc(Cl)c1)C(=O)c1ccc(-n2cnnc2)cc1. The first-order valence-corrected chi connectivity index (χ1v) is 8.96. The number of benzene rings is 2. The molecule has 0 aliphatic carbocycles. The summed E-state index contributed by atoms with van der Waals surface area (Å²) in [5, 5.41) is 8.28. The number of hydrogen-bond acceptors (Lipinski definition) is 3. The Balaban J connectivity index is 1.83. The molecule has 0 N–H and O–H groups in total. The Morgan fingerprint density at radius 3 is 2.46 bits per heavy atom. The van der Waals surface area contributed by atoms with Gasteiger partial charge in [-0.15, -0.1) is 10.2 Å². The van der Waals surface area contributed by atoms with Gasteiger partial charge in [0.2, 0.25) is 0 Å². The minimum Gasteiger partial charge on any atom is -0.332 e. The lowest BCUT2D eigenvalue weighted by molar-refractivity contribution is 0.0671. The molecular formula is C20H21ClN4O. The van der Waals surface area contributed by atoms with E-state index in [-0.39, 0.29) is 11.9 Å². The van der Waals surface area contributed by atoms with Crippen LogP contribution < -0.4 is 0 Å². The summed E-state index contributed by atoms with van der Waals surface area (Å²) in [5.74, 6) is 0.00892. The number of carbonyl (C=O) groups is 1. The van der Waals surface area contributed by atoms with Crippen LogP contribution in [0.5, 0.6) is 0 Å². The van der Waals surface area contributed by atoms with E-state index < -0.39 is 0 Å². The van der Waals surface area contributed by atoms with Crippen LogP contribution in [-0.2, 0) is 6.54 Å². The number of hydrogen-bond donors (Lipinski definition) is 0. The first-order valence-electron chi connectivity index (χ1n) is 8.59. The van der Waals surface area contributed by atoms with Crippen molar-refractivity contribution in [3.05, 3.63) is 77.3 Å². The molecule has 6 heteroatoms. The summed E-state index contributed by atoms with van der Waals surface area (Å²) in [4.78, 5) is 15.0. The maximum atomic E-state index is 13.1. The second-order valence-electron chi connectivity index (χ2n) is 6.24. The number of carbonyl (C=O) groups excluding carboxylic acids is 1. The lowest BCUT2D eigenvalue weighted by atomic mass is 10.1. The number of aromatic nitrogens is 3. The van der Waals surface area contributed by atoms with Crippen LogP contribution in [0.25, 0.3) is 5.69 Å². The fourth-order valence-electron chi connectivity index (χ4n) is 2.76. The van der Waals surface area contributed by atoms with E-state index in [2.05, 4.69) is 24.0 Å². The molecule has 134 valence electrons. The second-order valence-corrected chi connectivity index (χ2v) is 6.67. The van der Waals surface area contributed by atoms with E-state index in [1.54, 1.807) is 17.2 Å². The molecule has 1 amide bonds. The number of nitrogens with zero attached hydrogens (tertiary/aromatic N) is 4. The monoisotopic (exact) mass is 368 g/mol. The number of rotatable bonds is 6. The van der Waals surface area contributed by atoms with Gasteiger partial charge < -0.3 is 4.90 Å². The van der Waals surface area contributed by atoms with E-state index in [1.165, 1.54) is 0 Å². The summed E-state index contributed by atoms with van der Waals surface area (Å²) in [7, 11) is 0. The summed E-state index contributed by atoms with van der Waals surface area (Å²) in [6.07, 6.45) is 4.13. The maximum Gasteiger partial charge on any atom is 0.254 e. The van der Waals surface area contributed by atoms with E-state index in [1.807, 2.05) is 53.4 Å². The largest absolute Gasteiger partial charge is 0.332 e. The number of amides is 1. The van der Waals surface area contributed by atoms with Gasteiger partial charge in [-0.3, -0.25) is 9.36 Å². The fraction of sp³-hybridized carbons (Fsp3) is 0.250. The average Bonchev–Trinajstić information content (AvgIpc) is 3.20. The molecule has 0 aliphatic rings. The highest BCUT2D eigenvalue weighted by Crippen LogP contribution is 2.19. The highest BCUT2D eigenvalue weighted by molar-refractivity contribution is 6.30. The van der Waals surface area contributed by atoms with Gasteiger partial charge in [-0.2, -0.15) is 0 Å². The summed E-state index contributed by atoms with van der Waals surface area (Å²) < 4.78 is 1.80. The Morgan fingerprint density at radius 2 is 1.85 bits per heavy atom. The van der Waals surface area contributed by atoms with Gasteiger partial charge in [0.05, 0.1) is 0 Å². The van der Waals surface area contributed by atoms with Crippen molar-refractivity contribution in [1.29, 1.82) is 0 Å². The van der Waals surface area contributed by atoms with Gasteiger partial charge in [0, 0.05) is 28.9 Å². The van der Waals surface area contributed by atoms with Gasteiger partial charge in [-0.05, 0) is 55.3 Å². The Bertz CT molecular complexity index is 862. The average molecular weight is 369 g/mol. The highest BCUT2D eigenvalue weighted by atomic mass is 35.5. The minimum absolute atomic E-state index is 0.00892. The molecule has 2 aromatic carbocycles. The Kier molecular flexibility index (Phi) is 5.68. The van der Waals surface area contributed by atoms with Gasteiger partial charge in [0.1, 0.15) is 12.7 Å². The van der Waals surface area contributed by atoms with Gasteiger partial charge >= 0.3 is 0 Å². The van der Waals surface area contributed by atoms with Crippen LogP contribution >= 0.6 is 11.6 Å². The van der Waals surface area contributed by atoms with Crippen molar-refractivity contribution in [2.24, 2.45) is 0 Å². The smallest absolute Gasteiger partial charge is 0.254 e. The van der Waals surface area contributed by atoms with Crippen LogP contribution in [0.2, 0.25) is 5.02 Å². The molecule has 0 radical (unpaired) electrons. The van der Waals surface area contributed by atoms with Crippen molar-refractivity contribution < 1.29 is 4.79 Å².